The van der Waals surface area contributed by atoms with Gasteiger partial charge < -0.3 is 10.1 Å². The van der Waals surface area contributed by atoms with Crippen molar-refractivity contribution in [2.24, 2.45) is 5.41 Å². The number of likely N-dealkylation sites (N-methyl/N-ethyl adjacent to an activating group) is 1. The molecule has 0 amide bonds. The maximum Gasteiger partial charge on any atom is 0.123 e. The molecule has 0 aliphatic heterocycles. The second-order valence-corrected chi connectivity index (χ2v) is 6.46. The van der Waals surface area contributed by atoms with Crippen molar-refractivity contribution in [2.75, 3.05) is 13.7 Å². The molecule has 114 valence electrons. The number of halogens is 1. The van der Waals surface area contributed by atoms with Gasteiger partial charge in [0.1, 0.15) is 5.82 Å². The third-order valence-corrected chi connectivity index (χ3v) is 3.69. The lowest BCUT2D eigenvalue weighted by Crippen LogP contribution is -2.49. The number of rotatable bonds is 6. The van der Waals surface area contributed by atoms with Crippen molar-refractivity contribution in [1.29, 1.82) is 0 Å². The molecule has 20 heavy (non-hydrogen) atoms. The van der Waals surface area contributed by atoms with E-state index in [1.165, 1.54) is 6.07 Å². The van der Waals surface area contributed by atoms with Gasteiger partial charge in [0, 0.05) is 13.2 Å². The summed E-state index contributed by atoms with van der Waals surface area (Å²) in [6.07, 6.45) is 0.845. The Bertz CT molecular complexity index is 425. The molecule has 0 aliphatic rings. The van der Waals surface area contributed by atoms with Crippen molar-refractivity contribution in [3.63, 3.8) is 0 Å². The number of methoxy groups -OCH3 is 1. The largest absolute Gasteiger partial charge is 0.379 e. The molecule has 2 atom stereocenters. The Morgan fingerprint density at radius 3 is 2.45 bits per heavy atom. The van der Waals surface area contributed by atoms with Crippen LogP contribution in [0, 0.1) is 18.2 Å². The van der Waals surface area contributed by atoms with E-state index in [9.17, 15) is 4.39 Å². The van der Waals surface area contributed by atoms with Crippen molar-refractivity contribution in [3.8, 4) is 0 Å². The lowest BCUT2D eigenvalue weighted by Gasteiger charge is -2.36. The van der Waals surface area contributed by atoms with E-state index in [-0.39, 0.29) is 23.4 Å². The lowest BCUT2D eigenvalue weighted by molar-refractivity contribution is -0.0106. The van der Waals surface area contributed by atoms with E-state index in [1.807, 2.05) is 13.0 Å². The van der Waals surface area contributed by atoms with E-state index in [2.05, 4.69) is 33.0 Å². The number of aryl methyl sites for hydroxylation is 1. The maximum atomic E-state index is 13.4. The quantitative estimate of drug-likeness (QED) is 0.858. The van der Waals surface area contributed by atoms with E-state index in [4.69, 9.17) is 4.74 Å². The smallest absolute Gasteiger partial charge is 0.123 e. The predicted octanol–water partition coefficient (Wildman–Crippen LogP) is 3.72. The molecule has 1 rings (SSSR count). The molecule has 0 saturated heterocycles. The van der Waals surface area contributed by atoms with Crippen LogP contribution in [0.15, 0.2) is 18.2 Å². The average molecular weight is 281 g/mol. The third-order valence-electron chi connectivity index (χ3n) is 3.69. The number of nitrogens with one attached hydrogen (secondary N) is 1. The van der Waals surface area contributed by atoms with Gasteiger partial charge in [-0.3, -0.25) is 0 Å². The normalized spacial score (nSPS) is 15.2. The van der Waals surface area contributed by atoms with E-state index in [0.717, 1.165) is 24.1 Å². The highest BCUT2D eigenvalue weighted by Gasteiger charge is 2.32. The summed E-state index contributed by atoms with van der Waals surface area (Å²) in [4.78, 5) is 0. The fourth-order valence-electron chi connectivity index (χ4n) is 2.77. The summed E-state index contributed by atoms with van der Waals surface area (Å²) in [5, 5.41) is 3.49. The molecule has 0 aliphatic carbocycles. The van der Waals surface area contributed by atoms with Gasteiger partial charge in [-0.15, -0.1) is 0 Å². The average Bonchev–Trinajstić information content (AvgIpc) is 2.33. The molecule has 2 unspecified atom stereocenters. The molecular formula is C17H28FNO. The van der Waals surface area contributed by atoms with Crippen LogP contribution in [0.3, 0.4) is 0 Å². The summed E-state index contributed by atoms with van der Waals surface area (Å²) in [5.74, 6) is -0.175. The van der Waals surface area contributed by atoms with E-state index < -0.39 is 0 Å². The molecule has 3 heteroatoms. The zero-order chi connectivity index (χ0) is 15.3. The van der Waals surface area contributed by atoms with Crippen LogP contribution in [-0.4, -0.2) is 25.8 Å². The highest BCUT2D eigenvalue weighted by molar-refractivity contribution is 5.27. The number of benzene rings is 1. The van der Waals surface area contributed by atoms with Gasteiger partial charge in [0.15, 0.2) is 0 Å². The van der Waals surface area contributed by atoms with E-state index in [1.54, 1.807) is 13.2 Å². The van der Waals surface area contributed by atoms with Gasteiger partial charge >= 0.3 is 0 Å². The fourth-order valence-corrected chi connectivity index (χ4v) is 2.77. The topological polar surface area (TPSA) is 21.3 Å². The second kappa shape index (κ2) is 7.19. The number of hydrogen-bond acceptors (Lipinski definition) is 2. The molecule has 1 aromatic rings. The summed E-state index contributed by atoms with van der Waals surface area (Å²) in [5.41, 5.74) is 2.20. The minimum atomic E-state index is -0.175. The Hall–Kier alpha value is -0.930. The fraction of sp³-hybridized carbons (Fsp3) is 0.647. The molecule has 0 radical (unpaired) electrons. The van der Waals surface area contributed by atoms with Gasteiger partial charge in [0.2, 0.25) is 0 Å². The lowest BCUT2D eigenvalue weighted by atomic mass is 9.82. The van der Waals surface area contributed by atoms with Gasteiger partial charge in [-0.1, -0.05) is 33.8 Å². The molecule has 0 aromatic heterocycles. The molecule has 1 aromatic carbocycles. The van der Waals surface area contributed by atoms with Crippen molar-refractivity contribution in [3.05, 3.63) is 35.1 Å². The maximum absolute atomic E-state index is 13.4. The van der Waals surface area contributed by atoms with Crippen LogP contribution in [0.1, 0.15) is 38.8 Å². The Kier molecular flexibility index (Phi) is 6.15. The summed E-state index contributed by atoms with van der Waals surface area (Å²) < 4.78 is 19.2. The first kappa shape index (κ1) is 17.1. The van der Waals surface area contributed by atoms with E-state index in [0.29, 0.717) is 0 Å². The van der Waals surface area contributed by atoms with Crippen LogP contribution in [0.5, 0.6) is 0 Å². The summed E-state index contributed by atoms with van der Waals surface area (Å²) in [7, 11) is 1.75. The van der Waals surface area contributed by atoms with Gasteiger partial charge in [0.25, 0.3) is 0 Å². The van der Waals surface area contributed by atoms with Crippen LogP contribution < -0.4 is 5.32 Å². The van der Waals surface area contributed by atoms with Gasteiger partial charge in [0.05, 0.1) is 6.10 Å². The standard InChI is InChI=1S/C17H28FNO/c1-7-19-15(16(20-6)17(3,4)5)11-13-10-14(18)9-8-12(13)2/h8-10,15-16,19H,7,11H2,1-6H3. The Balaban J connectivity index is 2.99. The second-order valence-electron chi connectivity index (χ2n) is 6.46. The van der Waals surface area contributed by atoms with Crippen LogP contribution in [-0.2, 0) is 11.2 Å². The minimum Gasteiger partial charge on any atom is -0.379 e. The monoisotopic (exact) mass is 281 g/mol. The van der Waals surface area contributed by atoms with Gasteiger partial charge in [-0.05, 0) is 48.6 Å². The SMILES string of the molecule is CCNC(Cc1cc(F)ccc1C)C(OC)C(C)(C)C. The molecule has 0 spiro atoms. The van der Waals surface area contributed by atoms with Gasteiger partial charge in [-0.2, -0.15) is 0 Å². The minimum absolute atomic E-state index is 0.0306. The first-order chi connectivity index (χ1) is 9.29. The van der Waals surface area contributed by atoms with Crippen LogP contribution >= 0.6 is 0 Å². The summed E-state index contributed by atoms with van der Waals surface area (Å²) >= 11 is 0. The molecule has 1 N–H and O–H groups in total. The Labute approximate surface area is 122 Å². The number of hydrogen-bond donors (Lipinski definition) is 1. The zero-order valence-electron chi connectivity index (χ0n) is 13.6. The van der Waals surface area contributed by atoms with Crippen molar-refractivity contribution in [2.45, 2.75) is 53.2 Å². The van der Waals surface area contributed by atoms with Crippen LogP contribution in [0.2, 0.25) is 0 Å². The molecule has 0 heterocycles. The molecule has 2 nitrogen and oxygen atoms in total. The number of ether oxygens (including phenoxy) is 1. The van der Waals surface area contributed by atoms with Crippen molar-refractivity contribution >= 4 is 0 Å². The highest BCUT2D eigenvalue weighted by atomic mass is 19.1. The molecule has 0 bridgehead atoms. The summed E-state index contributed by atoms with van der Waals surface area (Å²) in [6, 6.07) is 5.16. The van der Waals surface area contributed by atoms with Gasteiger partial charge in [-0.25, -0.2) is 4.39 Å². The van der Waals surface area contributed by atoms with E-state index >= 15 is 0 Å². The molecule has 0 saturated carbocycles. The summed E-state index contributed by atoms with van der Waals surface area (Å²) in [6.45, 7) is 11.5. The first-order valence-corrected chi connectivity index (χ1v) is 7.30. The highest BCUT2D eigenvalue weighted by Crippen LogP contribution is 2.27. The Morgan fingerprint density at radius 1 is 1.30 bits per heavy atom. The Morgan fingerprint density at radius 2 is 1.95 bits per heavy atom. The first-order valence-electron chi connectivity index (χ1n) is 7.30. The molecule has 0 fully saturated rings. The zero-order valence-corrected chi connectivity index (χ0v) is 13.6. The van der Waals surface area contributed by atoms with Crippen LogP contribution in [0.25, 0.3) is 0 Å². The van der Waals surface area contributed by atoms with Crippen molar-refractivity contribution in [1.82, 2.24) is 5.32 Å². The third kappa shape index (κ3) is 4.57. The molecular weight excluding hydrogens is 253 g/mol. The van der Waals surface area contributed by atoms with Crippen LogP contribution in [0.4, 0.5) is 4.39 Å². The van der Waals surface area contributed by atoms with Crippen molar-refractivity contribution < 1.29 is 9.13 Å². The predicted molar refractivity (Wildman–Crippen MR) is 82.6 cm³/mol.